The molecule has 0 aromatic heterocycles. The van der Waals surface area contributed by atoms with Crippen LogP contribution in [0.4, 0.5) is 14.5 Å². The van der Waals surface area contributed by atoms with Gasteiger partial charge in [-0.25, -0.2) is 0 Å². The molecule has 1 fully saturated rings. The first-order valence-corrected chi connectivity index (χ1v) is 6.63. The van der Waals surface area contributed by atoms with Crippen LogP contribution in [-0.4, -0.2) is 37.7 Å². The molecule has 19 heavy (non-hydrogen) atoms. The zero-order valence-corrected chi connectivity index (χ0v) is 11.1. The zero-order valence-electron chi connectivity index (χ0n) is 11.1. The SMILES string of the molecule is CN1CCCC(Nc2ccc(OC(F)F)cc2)CC1. The number of hydrogen-bond acceptors (Lipinski definition) is 3. The van der Waals surface area contributed by atoms with Crippen LogP contribution in [0.25, 0.3) is 0 Å². The topological polar surface area (TPSA) is 24.5 Å². The number of ether oxygens (including phenoxy) is 1. The summed E-state index contributed by atoms with van der Waals surface area (Å²) in [5.74, 6) is 0.196. The van der Waals surface area contributed by atoms with Crippen LogP contribution >= 0.6 is 0 Å². The van der Waals surface area contributed by atoms with E-state index in [4.69, 9.17) is 0 Å². The molecule has 1 atom stereocenters. The molecule has 0 aliphatic carbocycles. The number of likely N-dealkylation sites (tertiary alicyclic amines) is 1. The fourth-order valence-electron chi connectivity index (χ4n) is 2.35. The molecule has 1 aromatic rings. The monoisotopic (exact) mass is 270 g/mol. The van der Waals surface area contributed by atoms with Crippen LogP contribution < -0.4 is 10.1 Å². The number of rotatable bonds is 4. The molecule has 5 heteroatoms. The normalized spacial score (nSPS) is 21.2. The fourth-order valence-corrected chi connectivity index (χ4v) is 2.35. The van der Waals surface area contributed by atoms with Crippen LogP contribution in [0.3, 0.4) is 0 Å². The fraction of sp³-hybridized carbons (Fsp3) is 0.571. The second kappa shape index (κ2) is 6.70. The summed E-state index contributed by atoms with van der Waals surface area (Å²) < 4.78 is 28.4. The van der Waals surface area contributed by atoms with Gasteiger partial charge in [-0.2, -0.15) is 8.78 Å². The highest BCUT2D eigenvalue weighted by Crippen LogP contribution is 2.20. The maximum Gasteiger partial charge on any atom is 0.387 e. The highest BCUT2D eigenvalue weighted by Gasteiger charge is 2.14. The van der Waals surface area contributed by atoms with E-state index in [-0.39, 0.29) is 5.75 Å². The Hall–Kier alpha value is -1.36. The molecular weight excluding hydrogens is 250 g/mol. The first kappa shape index (κ1) is 14.1. The summed E-state index contributed by atoms with van der Waals surface area (Å²) >= 11 is 0. The van der Waals surface area contributed by atoms with Gasteiger partial charge in [0.15, 0.2) is 0 Å². The van der Waals surface area contributed by atoms with Gasteiger partial charge >= 0.3 is 6.61 Å². The third-order valence-corrected chi connectivity index (χ3v) is 3.40. The van der Waals surface area contributed by atoms with Crippen molar-refractivity contribution >= 4 is 5.69 Å². The number of alkyl halides is 2. The first-order valence-electron chi connectivity index (χ1n) is 6.63. The number of anilines is 1. The predicted molar refractivity (Wildman–Crippen MR) is 71.8 cm³/mol. The summed E-state index contributed by atoms with van der Waals surface area (Å²) in [5.41, 5.74) is 0.955. The van der Waals surface area contributed by atoms with E-state index in [0.29, 0.717) is 6.04 Å². The summed E-state index contributed by atoms with van der Waals surface area (Å²) in [4.78, 5) is 2.33. The molecule has 1 aliphatic heterocycles. The van der Waals surface area contributed by atoms with Gasteiger partial charge < -0.3 is 15.0 Å². The standard InChI is InChI=1S/C14H20F2N2O/c1-18-9-2-3-11(8-10-18)17-12-4-6-13(7-5-12)19-14(15)16/h4-7,11,14,17H,2-3,8-10H2,1H3. The Kier molecular flexibility index (Phi) is 4.96. The largest absolute Gasteiger partial charge is 0.435 e. The van der Waals surface area contributed by atoms with Crippen LogP contribution in [0, 0.1) is 0 Å². The van der Waals surface area contributed by atoms with Crippen molar-refractivity contribution in [2.24, 2.45) is 0 Å². The third kappa shape index (κ3) is 4.67. The number of benzene rings is 1. The molecule has 0 saturated carbocycles. The molecule has 1 aromatic carbocycles. The number of hydrogen-bond donors (Lipinski definition) is 1. The van der Waals surface area contributed by atoms with Gasteiger partial charge in [-0.1, -0.05) is 0 Å². The minimum absolute atomic E-state index is 0.196. The molecule has 1 N–H and O–H groups in total. The lowest BCUT2D eigenvalue weighted by atomic mass is 10.1. The molecule has 0 radical (unpaired) electrons. The van der Waals surface area contributed by atoms with Gasteiger partial charge in [-0.05, 0) is 63.7 Å². The molecule has 106 valence electrons. The van der Waals surface area contributed by atoms with Crippen molar-refractivity contribution in [3.05, 3.63) is 24.3 Å². The third-order valence-electron chi connectivity index (χ3n) is 3.40. The lowest BCUT2D eigenvalue weighted by Crippen LogP contribution is -2.22. The minimum atomic E-state index is -2.77. The van der Waals surface area contributed by atoms with Gasteiger partial charge in [-0.15, -0.1) is 0 Å². The molecule has 0 spiro atoms. The van der Waals surface area contributed by atoms with Crippen molar-refractivity contribution in [2.45, 2.75) is 31.9 Å². The summed E-state index contributed by atoms with van der Waals surface area (Å²) in [6.07, 6.45) is 3.42. The van der Waals surface area contributed by atoms with E-state index in [2.05, 4.69) is 22.0 Å². The summed E-state index contributed by atoms with van der Waals surface area (Å²) in [6.45, 7) is -0.542. The van der Waals surface area contributed by atoms with E-state index in [9.17, 15) is 8.78 Å². The molecule has 0 amide bonds. The van der Waals surface area contributed by atoms with Crippen LogP contribution in [0.2, 0.25) is 0 Å². The number of halogens is 2. The van der Waals surface area contributed by atoms with Gasteiger partial charge in [0.05, 0.1) is 0 Å². The van der Waals surface area contributed by atoms with E-state index in [1.54, 1.807) is 24.3 Å². The van der Waals surface area contributed by atoms with E-state index in [1.165, 1.54) is 6.42 Å². The van der Waals surface area contributed by atoms with Gasteiger partial charge in [-0.3, -0.25) is 0 Å². The van der Waals surface area contributed by atoms with Crippen LogP contribution in [-0.2, 0) is 0 Å². The van der Waals surface area contributed by atoms with Gasteiger partial charge in [0.25, 0.3) is 0 Å². The van der Waals surface area contributed by atoms with Crippen molar-refractivity contribution in [1.82, 2.24) is 4.90 Å². The van der Waals surface area contributed by atoms with E-state index < -0.39 is 6.61 Å². The highest BCUT2D eigenvalue weighted by molar-refractivity contribution is 5.47. The quantitative estimate of drug-likeness (QED) is 0.909. The lowest BCUT2D eigenvalue weighted by molar-refractivity contribution is -0.0498. The van der Waals surface area contributed by atoms with Crippen LogP contribution in [0.15, 0.2) is 24.3 Å². The number of nitrogens with one attached hydrogen (secondary N) is 1. The van der Waals surface area contributed by atoms with E-state index >= 15 is 0 Å². The molecule has 1 saturated heterocycles. The second-order valence-electron chi connectivity index (χ2n) is 4.98. The maximum atomic E-state index is 12.0. The molecule has 0 bridgehead atoms. The van der Waals surface area contributed by atoms with Crippen LogP contribution in [0.1, 0.15) is 19.3 Å². The van der Waals surface area contributed by atoms with Gasteiger partial charge in [0.2, 0.25) is 0 Å². The van der Waals surface area contributed by atoms with Crippen LogP contribution in [0.5, 0.6) is 5.75 Å². The van der Waals surface area contributed by atoms with E-state index in [1.807, 2.05) is 0 Å². The Balaban J connectivity index is 1.88. The van der Waals surface area contributed by atoms with E-state index in [0.717, 1.165) is 31.6 Å². The lowest BCUT2D eigenvalue weighted by Gasteiger charge is -2.18. The average Bonchev–Trinajstić information content (AvgIpc) is 2.56. The minimum Gasteiger partial charge on any atom is -0.435 e. The second-order valence-corrected chi connectivity index (χ2v) is 4.98. The Labute approximate surface area is 112 Å². The smallest absolute Gasteiger partial charge is 0.387 e. The van der Waals surface area contributed by atoms with Gasteiger partial charge in [0, 0.05) is 11.7 Å². The Bertz CT molecular complexity index is 384. The first-order chi connectivity index (χ1) is 9.13. The molecule has 1 unspecified atom stereocenters. The Morgan fingerprint density at radius 2 is 1.95 bits per heavy atom. The predicted octanol–water partition coefficient (Wildman–Crippen LogP) is 3.18. The highest BCUT2D eigenvalue weighted by atomic mass is 19.3. The molecular formula is C14H20F2N2O. The van der Waals surface area contributed by atoms with Gasteiger partial charge in [0.1, 0.15) is 5.75 Å². The van der Waals surface area contributed by atoms with Crippen molar-refractivity contribution in [1.29, 1.82) is 0 Å². The summed E-state index contributed by atoms with van der Waals surface area (Å²) in [6, 6.07) is 7.15. The average molecular weight is 270 g/mol. The Morgan fingerprint density at radius 3 is 2.63 bits per heavy atom. The molecule has 3 nitrogen and oxygen atoms in total. The number of nitrogens with zero attached hydrogens (tertiary/aromatic N) is 1. The van der Waals surface area contributed by atoms with Crippen molar-refractivity contribution in [2.75, 3.05) is 25.5 Å². The Morgan fingerprint density at radius 1 is 1.21 bits per heavy atom. The van der Waals surface area contributed by atoms with Crippen molar-refractivity contribution in [3.8, 4) is 5.75 Å². The maximum absolute atomic E-state index is 12.0. The van der Waals surface area contributed by atoms with Crippen molar-refractivity contribution < 1.29 is 13.5 Å². The molecule has 1 heterocycles. The van der Waals surface area contributed by atoms with Crippen molar-refractivity contribution in [3.63, 3.8) is 0 Å². The molecule has 1 aliphatic rings. The summed E-state index contributed by atoms with van der Waals surface area (Å²) in [7, 11) is 2.14. The zero-order chi connectivity index (χ0) is 13.7. The summed E-state index contributed by atoms with van der Waals surface area (Å²) in [5, 5.41) is 3.45. The molecule has 2 rings (SSSR count).